The molecule has 0 bridgehead atoms. The summed E-state index contributed by atoms with van der Waals surface area (Å²) in [6.45, 7) is -0.201. The minimum Gasteiger partial charge on any atom is -0.481 e. The van der Waals surface area contributed by atoms with Crippen LogP contribution in [0.2, 0.25) is 0 Å². The minimum absolute atomic E-state index is 0.00420. The van der Waals surface area contributed by atoms with Gasteiger partial charge in [-0.1, -0.05) is 97.1 Å². The molecule has 5 rings (SSSR count). The average molecular weight is 707 g/mol. The van der Waals surface area contributed by atoms with Gasteiger partial charge in [-0.3, -0.25) is 29.6 Å². The van der Waals surface area contributed by atoms with E-state index < -0.39 is 54.0 Å². The summed E-state index contributed by atoms with van der Waals surface area (Å²) in [5, 5.41) is 27.0. The van der Waals surface area contributed by atoms with Crippen LogP contribution in [0.5, 0.6) is 0 Å². The smallest absolute Gasteiger partial charge is 0.339 e. The quantitative estimate of drug-likeness (QED) is 0.124. The lowest BCUT2D eigenvalue weighted by molar-refractivity contribution is -0.138. The van der Waals surface area contributed by atoms with Gasteiger partial charge in [-0.05, 0) is 34.7 Å². The number of benzene rings is 3. The third kappa shape index (κ3) is 11.0. The van der Waals surface area contributed by atoms with Crippen molar-refractivity contribution in [3.63, 3.8) is 0 Å². The van der Waals surface area contributed by atoms with E-state index in [1.807, 2.05) is 54.6 Å². The van der Waals surface area contributed by atoms with Gasteiger partial charge in [-0.25, -0.2) is 9.80 Å². The Kier molecular flexibility index (Phi) is 13.0. The minimum atomic E-state index is -1.19. The molecule has 5 amide bonds. The summed E-state index contributed by atoms with van der Waals surface area (Å²) < 4.78 is 0. The van der Waals surface area contributed by atoms with Crippen molar-refractivity contribution in [3.8, 4) is 0 Å². The van der Waals surface area contributed by atoms with Gasteiger partial charge in [0, 0.05) is 37.8 Å². The van der Waals surface area contributed by atoms with Crippen LogP contribution in [0.15, 0.2) is 116 Å². The number of hydrogen-bond donors (Lipinski definition) is 5. The third-order valence-electron chi connectivity index (χ3n) is 8.60. The molecular weight excluding hydrogens is 664 g/mol. The van der Waals surface area contributed by atoms with E-state index in [1.165, 1.54) is 4.90 Å². The van der Waals surface area contributed by atoms with E-state index in [4.69, 9.17) is 0 Å². The number of β-amino-alcohol motifs (C(OH)–C–C–N with tert-alkyl or cyclic N) is 1. The Morgan fingerprint density at radius 2 is 1.40 bits per heavy atom. The summed E-state index contributed by atoms with van der Waals surface area (Å²) in [7, 11) is 0. The van der Waals surface area contributed by atoms with Crippen molar-refractivity contribution < 1.29 is 34.2 Å². The van der Waals surface area contributed by atoms with Crippen molar-refractivity contribution in [2.24, 2.45) is 0 Å². The predicted octanol–water partition coefficient (Wildman–Crippen LogP) is 2.64. The van der Waals surface area contributed by atoms with E-state index in [2.05, 4.69) is 21.0 Å². The normalized spacial score (nSPS) is 16.3. The van der Waals surface area contributed by atoms with Crippen molar-refractivity contribution in [1.29, 1.82) is 0 Å². The van der Waals surface area contributed by atoms with Gasteiger partial charge < -0.3 is 25.7 Å². The lowest BCUT2D eigenvalue weighted by Crippen LogP contribution is -2.58. The highest BCUT2D eigenvalue weighted by Gasteiger charge is 2.42. The van der Waals surface area contributed by atoms with E-state index in [9.17, 15) is 34.2 Å². The van der Waals surface area contributed by atoms with E-state index in [-0.39, 0.29) is 45.2 Å². The van der Waals surface area contributed by atoms with E-state index in [0.29, 0.717) is 5.56 Å². The molecular formula is C39H42N6O7. The molecule has 4 atom stereocenters. The number of nitrogens with one attached hydrogen (secondary N) is 3. The molecule has 1 aromatic heterocycles. The van der Waals surface area contributed by atoms with Crippen LogP contribution in [0.1, 0.15) is 35.1 Å². The third-order valence-corrected chi connectivity index (χ3v) is 8.60. The lowest BCUT2D eigenvalue weighted by atomic mass is 10.0. The van der Waals surface area contributed by atoms with Crippen LogP contribution in [0.4, 0.5) is 4.79 Å². The molecule has 1 aliphatic rings. The number of aromatic nitrogens is 1. The number of carbonyl (C=O) groups is 5. The van der Waals surface area contributed by atoms with Crippen LogP contribution < -0.4 is 16.1 Å². The molecule has 13 heteroatoms. The number of rotatable bonds is 14. The standard InChI is InChI=1S/C39H42N6O7/c46-32-23-34(44(26-32)39(52)45(25-29-15-8-3-9-16-29)43-35(47)21-28-13-6-2-7-14-28)38(51)42-33(20-30-17-10-18-40-24-30)37(50)41-31(22-36(48)49)19-27-11-4-1-5-12-27/h1-18,24,31-34,46H,19-23,25-26H2,(H,41,50)(H,42,51)(H,43,47)(H,48,49)/t31-,32-,33-,34-/m0/s1. The van der Waals surface area contributed by atoms with Gasteiger partial charge >= 0.3 is 12.0 Å². The molecule has 4 aromatic rings. The summed E-state index contributed by atoms with van der Waals surface area (Å²) in [5.74, 6) is -2.85. The van der Waals surface area contributed by atoms with Gasteiger partial charge in [0.15, 0.2) is 0 Å². The van der Waals surface area contributed by atoms with Gasteiger partial charge in [-0.2, -0.15) is 0 Å². The molecule has 0 radical (unpaired) electrons. The molecule has 1 aliphatic heterocycles. The number of likely N-dealkylation sites (tertiary alicyclic amines) is 1. The topological polar surface area (TPSA) is 181 Å². The van der Waals surface area contributed by atoms with E-state index >= 15 is 0 Å². The Morgan fingerprint density at radius 3 is 2.02 bits per heavy atom. The highest BCUT2D eigenvalue weighted by atomic mass is 16.4. The van der Waals surface area contributed by atoms with Crippen LogP contribution in [0, 0.1) is 0 Å². The van der Waals surface area contributed by atoms with Crippen LogP contribution in [0.25, 0.3) is 0 Å². The first-order valence-corrected chi connectivity index (χ1v) is 17.0. The summed E-state index contributed by atoms with van der Waals surface area (Å²) in [5.41, 5.74) is 5.61. The van der Waals surface area contributed by atoms with E-state index in [0.717, 1.165) is 21.7 Å². The first-order chi connectivity index (χ1) is 25.1. The molecule has 13 nitrogen and oxygen atoms in total. The molecule has 270 valence electrons. The summed E-state index contributed by atoms with van der Waals surface area (Å²) in [4.78, 5) is 72.1. The zero-order valence-corrected chi connectivity index (χ0v) is 28.5. The van der Waals surface area contributed by atoms with Crippen molar-refractivity contribution in [2.45, 2.75) is 62.9 Å². The molecule has 0 unspecified atom stereocenters. The fourth-order valence-corrected chi connectivity index (χ4v) is 6.14. The lowest BCUT2D eigenvalue weighted by Gasteiger charge is -2.32. The molecule has 3 aromatic carbocycles. The van der Waals surface area contributed by atoms with Gasteiger partial charge in [0.25, 0.3) is 0 Å². The first-order valence-electron chi connectivity index (χ1n) is 17.0. The van der Waals surface area contributed by atoms with Gasteiger partial charge in [0.1, 0.15) is 12.1 Å². The van der Waals surface area contributed by atoms with Crippen LogP contribution in [0.3, 0.4) is 0 Å². The Morgan fingerprint density at radius 1 is 0.788 bits per heavy atom. The molecule has 52 heavy (non-hydrogen) atoms. The number of amides is 5. The van der Waals surface area contributed by atoms with Gasteiger partial charge in [-0.15, -0.1) is 0 Å². The second-order valence-corrected chi connectivity index (χ2v) is 12.7. The number of aliphatic hydroxyl groups excluding tert-OH is 1. The number of aliphatic hydroxyl groups is 1. The van der Waals surface area contributed by atoms with E-state index in [1.54, 1.807) is 60.9 Å². The van der Waals surface area contributed by atoms with Gasteiger partial charge in [0.2, 0.25) is 17.7 Å². The number of pyridine rings is 1. The van der Waals surface area contributed by atoms with Crippen LogP contribution >= 0.6 is 0 Å². The average Bonchev–Trinajstić information content (AvgIpc) is 3.53. The highest BCUT2D eigenvalue weighted by Crippen LogP contribution is 2.21. The second kappa shape index (κ2) is 18.2. The molecule has 0 spiro atoms. The molecule has 2 heterocycles. The molecule has 5 N–H and O–H groups in total. The summed E-state index contributed by atoms with van der Waals surface area (Å²) >= 11 is 0. The Hall–Kier alpha value is -6.08. The fourth-order valence-electron chi connectivity index (χ4n) is 6.14. The predicted molar refractivity (Wildman–Crippen MR) is 191 cm³/mol. The molecule has 0 saturated carbocycles. The maximum atomic E-state index is 14.1. The van der Waals surface area contributed by atoms with Crippen LogP contribution in [-0.4, -0.2) is 85.6 Å². The Labute approximate surface area is 301 Å². The molecule has 0 aliphatic carbocycles. The zero-order chi connectivity index (χ0) is 36.9. The second-order valence-electron chi connectivity index (χ2n) is 12.7. The zero-order valence-electron chi connectivity index (χ0n) is 28.5. The Balaban J connectivity index is 1.35. The first kappa shape index (κ1) is 37.2. The number of carboxylic acid groups (broad SMARTS) is 1. The fraction of sp³-hybridized carbons (Fsp3) is 0.282. The largest absolute Gasteiger partial charge is 0.481 e. The van der Waals surface area contributed by atoms with Crippen molar-refractivity contribution in [2.75, 3.05) is 6.54 Å². The SMILES string of the molecule is O=C(O)C[C@H](Cc1ccccc1)NC(=O)[C@H](Cc1cccnc1)NC(=O)[C@@H]1C[C@H](O)CN1C(=O)N(Cc1ccccc1)NC(=O)Cc1ccccc1. The highest BCUT2D eigenvalue weighted by molar-refractivity contribution is 5.93. The molecule has 1 fully saturated rings. The van der Waals surface area contributed by atoms with Crippen LogP contribution in [-0.2, 0) is 45.0 Å². The Bertz CT molecular complexity index is 1800. The maximum absolute atomic E-state index is 14.1. The van der Waals surface area contributed by atoms with Crippen molar-refractivity contribution in [3.05, 3.63) is 138 Å². The maximum Gasteiger partial charge on any atom is 0.339 e. The number of urea groups is 1. The van der Waals surface area contributed by atoms with Crippen molar-refractivity contribution in [1.82, 2.24) is 31.0 Å². The van der Waals surface area contributed by atoms with Gasteiger partial charge in [0.05, 0.1) is 25.5 Å². The number of carbonyl (C=O) groups excluding carboxylic acids is 4. The monoisotopic (exact) mass is 706 g/mol. The number of hydrazine groups is 1. The summed E-state index contributed by atoms with van der Waals surface area (Å²) in [6.07, 6.45) is 1.90. The summed E-state index contributed by atoms with van der Waals surface area (Å²) in [6, 6.07) is 26.8. The number of nitrogens with zero attached hydrogens (tertiary/aromatic N) is 3. The van der Waals surface area contributed by atoms with Crippen molar-refractivity contribution >= 4 is 29.7 Å². The number of carboxylic acids is 1. The number of hydrogen-bond acceptors (Lipinski definition) is 7. The number of aliphatic carboxylic acids is 1. The molecule has 1 saturated heterocycles.